The molecule has 6 heteroatoms. The zero-order valence-electron chi connectivity index (χ0n) is 8.69. The summed E-state index contributed by atoms with van der Waals surface area (Å²) in [6, 6.07) is 0. The Bertz CT molecular complexity index is 242. The average molecular weight is 224 g/mol. The molecular formula is C8H17O5P. The minimum Gasteiger partial charge on any atom is -0.368 e. The number of hydrogen-bond donors (Lipinski definition) is 2. The van der Waals surface area contributed by atoms with E-state index >= 15 is 0 Å². The fourth-order valence-electron chi connectivity index (χ4n) is 0.815. The zero-order valence-corrected chi connectivity index (χ0v) is 9.58. The van der Waals surface area contributed by atoms with Gasteiger partial charge in [0.1, 0.15) is 11.8 Å². The molecule has 0 unspecified atom stereocenters. The standard InChI is InChI=1S/C8H17O5P/c1-4-5-13-8(2,3)7(9)6-14(10,11)12/h4-6H2,1-3H3,(H2,10,11,12). The minimum absolute atomic E-state index is 0.403. The number of ether oxygens (including phenoxy) is 1. The van der Waals surface area contributed by atoms with Crippen molar-refractivity contribution < 1.29 is 23.9 Å². The molecule has 5 nitrogen and oxygen atoms in total. The van der Waals surface area contributed by atoms with Gasteiger partial charge in [-0.05, 0) is 20.3 Å². The molecule has 0 aliphatic heterocycles. The molecule has 0 radical (unpaired) electrons. The predicted octanol–water partition coefficient (Wildman–Crippen LogP) is 0.938. The lowest BCUT2D eigenvalue weighted by atomic mass is 10.1. The van der Waals surface area contributed by atoms with Gasteiger partial charge in [-0.1, -0.05) is 6.92 Å². The maximum atomic E-state index is 11.4. The third kappa shape index (κ3) is 5.50. The van der Waals surface area contributed by atoms with Crippen molar-refractivity contribution in [2.24, 2.45) is 0 Å². The van der Waals surface area contributed by atoms with Crippen LogP contribution in [0.2, 0.25) is 0 Å². The van der Waals surface area contributed by atoms with Crippen molar-refractivity contribution in [2.75, 3.05) is 12.8 Å². The van der Waals surface area contributed by atoms with Gasteiger partial charge in [0.2, 0.25) is 0 Å². The fraction of sp³-hybridized carbons (Fsp3) is 0.875. The Balaban J connectivity index is 4.28. The number of carbonyl (C=O) groups excluding carboxylic acids is 1. The molecule has 0 heterocycles. The molecule has 0 aromatic heterocycles. The lowest BCUT2D eigenvalue weighted by Crippen LogP contribution is -2.37. The summed E-state index contributed by atoms with van der Waals surface area (Å²) in [5, 5.41) is 0. The Morgan fingerprint density at radius 2 is 1.93 bits per heavy atom. The maximum Gasteiger partial charge on any atom is 0.333 e. The zero-order chi connectivity index (χ0) is 11.4. The number of rotatable bonds is 6. The second kappa shape index (κ2) is 5.03. The van der Waals surface area contributed by atoms with Crippen molar-refractivity contribution in [1.29, 1.82) is 0 Å². The van der Waals surface area contributed by atoms with Gasteiger partial charge in [-0.2, -0.15) is 0 Å². The highest BCUT2D eigenvalue weighted by Gasteiger charge is 2.33. The van der Waals surface area contributed by atoms with Crippen molar-refractivity contribution >= 4 is 13.4 Å². The second-order valence-electron chi connectivity index (χ2n) is 3.60. The van der Waals surface area contributed by atoms with Crippen LogP contribution < -0.4 is 0 Å². The first-order chi connectivity index (χ1) is 6.19. The largest absolute Gasteiger partial charge is 0.368 e. The molecule has 0 atom stereocenters. The summed E-state index contributed by atoms with van der Waals surface area (Å²) in [5.74, 6) is -0.570. The number of hydrogen-bond acceptors (Lipinski definition) is 3. The van der Waals surface area contributed by atoms with E-state index < -0.39 is 25.1 Å². The van der Waals surface area contributed by atoms with Gasteiger partial charge in [-0.15, -0.1) is 0 Å². The van der Waals surface area contributed by atoms with Crippen LogP contribution in [0.3, 0.4) is 0 Å². The number of Topliss-reactive ketones (excluding diaryl/α,β-unsaturated/α-hetero) is 1. The van der Waals surface area contributed by atoms with Gasteiger partial charge >= 0.3 is 7.60 Å². The van der Waals surface area contributed by atoms with E-state index in [-0.39, 0.29) is 0 Å². The molecule has 0 aromatic carbocycles. The monoisotopic (exact) mass is 224 g/mol. The Hall–Kier alpha value is -0.220. The molecule has 2 N–H and O–H groups in total. The SMILES string of the molecule is CCCOC(C)(C)C(=O)CP(=O)(O)O. The van der Waals surface area contributed by atoms with E-state index in [1.165, 1.54) is 13.8 Å². The maximum absolute atomic E-state index is 11.4. The van der Waals surface area contributed by atoms with E-state index in [1.54, 1.807) is 0 Å². The minimum atomic E-state index is -4.28. The molecule has 0 bridgehead atoms. The van der Waals surface area contributed by atoms with E-state index in [1.807, 2.05) is 6.92 Å². The Labute approximate surface area is 83.6 Å². The molecule has 0 aliphatic carbocycles. The third-order valence-electron chi connectivity index (χ3n) is 1.69. The second-order valence-corrected chi connectivity index (χ2v) is 5.25. The highest BCUT2D eigenvalue weighted by Crippen LogP contribution is 2.35. The summed E-state index contributed by atoms with van der Waals surface area (Å²) < 4.78 is 15.8. The van der Waals surface area contributed by atoms with Gasteiger partial charge in [0, 0.05) is 6.61 Å². The third-order valence-corrected chi connectivity index (χ3v) is 2.39. The van der Waals surface area contributed by atoms with Crippen LogP contribution >= 0.6 is 7.60 Å². The van der Waals surface area contributed by atoms with Gasteiger partial charge < -0.3 is 14.5 Å². The van der Waals surface area contributed by atoms with E-state index in [0.29, 0.717) is 6.61 Å². The van der Waals surface area contributed by atoms with Gasteiger partial charge in [0.05, 0.1) is 0 Å². The average Bonchev–Trinajstić information content (AvgIpc) is 1.97. The fourth-order valence-corrected chi connectivity index (χ4v) is 1.57. The van der Waals surface area contributed by atoms with Crippen LogP contribution in [0, 0.1) is 0 Å². The summed E-state index contributed by atoms with van der Waals surface area (Å²) >= 11 is 0. The molecule has 0 spiro atoms. The molecule has 0 saturated heterocycles. The summed E-state index contributed by atoms with van der Waals surface area (Å²) in [7, 11) is -4.28. The van der Waals surface area contributed by atoms with Crippen molar-refractivity contribution in [1.82, 2.24) is 0 Å². The van der Waals surface area contributed by atoms with Crippen molar-refractivity contribution in [2.45, 2.75) is 32.8 Å². The van der Waals surface area contributed by atoms with Gasteiger partial charge in [-0.25, -0.2) is 0 Å². The highest BCUT2D eigenvalue weighted by molar-refractivity contribution is 7.52. The first kappa shape index (κ1) is 13.8. The van der Waals surface area contributed by atoms with Crippen LogP contribution in [-0.4, -0.2) is 33.9 Å². The van der Waals surface area contributed by atoms with Crippen LogP contribution in [-0.2, 0) is 14.1 Å². The number of ketones is 1. The van der Waals surface area contributed by atoms with Crippen LogP contribution in [0.5, 0.6) is 0 Å². The Morgan fingerprint density at radius 1 is 1.43 bits per heavy atom. The lowest BCUT2D eigenvalue weighted by Gasteiger charge is -2.23. The molecule has 0 fully saturated rings. The smallest absolute Gasteiger partial charge is 0.333 e. The topological polar surface area (TPSA) is 83.8 Å². The Morgan fingerprint density at radius 3 is 2.29 bits per heavy atom. The molecule has 0 saturated carbocycles. The van der Waals surface area contributed by atoms with E-state index in [0.717, 1.165) is 6.42 Å². The molecule has 0 aromatic rings. The van der Waals surface area contributed by atoms with Gasteiger partial charge in [-0.3, -0.25) is 9.36 Å². The van der Waals surface area contributed by atoms with Crippen molar-refractivity contribution in [3.8, 4) is 0 Å². The van der Waals surface area contributed by atoms with E-state index in [9.17, 15) is 9.36 Å². The predicted molar refractivity (Wildman–Crippen MR) is 52.2 cm³/mol. The summed E-state index contributed by atoms with van der Waals surface area (Å²) in [6.07, 6.45) is -0.00364. The summed E-state index contributed by atoms with van der Waals surface area (Å²) in [4.78, 5) is 28.6. The lowest BCUT2D eigenvalue weighted by molar-refractivity contribution is -0.137. The molecule has 14 heavy (non-hydrogen) atoms. The van der Waals surface area contributed by atoms with Crippen LogP contribution in [0.15, 0.2) is 0 Å². The summed E-state index contributed by atoms with van der Waals surface area (Å²) in [5.41, 5.74) is -1.11. The quantitative estimate of drug-likeness (QED) is 0.656. The van der Waals surface area contributed by atoms with Crippen LogP contribution in [0.4, 0.5) is 0 Å². The summed E-state index contributed by atoms with van der Waals surface area (Å²) in [6.45, 7) is 5.32. The molecule has 84 valence electrons. The highest BCUT2D eigenvalue weighted by atomic mass is 31.2. The number of carbonyl (C=O) groups is 1. The molecule has 0 amide bonds. The first-order valence-corrected chi connectivity index (χ1v) is 6.20. The van der Waals surface area contributed by atoms with Gasteiger partial charge in [0.25, 0.3) is 0 Å². The first-order valence-electron chi connectivity index (χ1n) is 4.41. The van der Waals surface area contributed by atoms with Crippen molar-refractivity contribution in [3.05, 3.63) is 0 Å². The molecular weight excluding hydrogens is 207 g/mol. The van der Waals surface area contributed by atoms with Crippen LogP contribution in [0.25, 0.3) is 0 Å². The van der Waals surface area contributed by atoms with Crippen molar-refractivity contribution in [3.63, 3.8) is 0 Å². The Kier molecular flexibility index (Phi) is 4.95. The van der Waals surface area contributed by atoms with E-state index in [2.05, 4.69) is 0 Å². The van der Waals surface area contributed by atoms with E-state index in [4.69, 9.17) is 14.5 Å². The van der Waals surface area contributed by atoms with Gasteiger partial charge in [0.15, 0.2) is 5.78 Å². The molecule has 0 rings (SSSR count). The molecule has 0 aliphatic rings. The normalized spacial score (nSPS) is 12.9. The van der Waals surface area contributed by atoms with Crippen LogP contribution in [0.1, 0.15) is 27.2 Å².